The number of carbonyl (C=O) groups excluding carboxylic acids is 12. The fourth-order valence-electron chi connectivity index (χ4n) is 18.0. The summed E-state index contributed by atoms with van der Waals surface area (Å²) >= 11 is 0. The second kappa shape index (κ2) is 38.6. The lowest BCUT2D eigenvalue weighted by Crippen LogP contribution is -2.68. The molecule has 0 radical (unpaired) electrons. The molecule has 109 heavy (non-hydrogen) atoms. The Balaban J connectivity index is 1.21. The van der Waals surface area contributed by atoms with Crippen LogP contribution >= 0.6 is 0 Å². The molecular weight excluding hydrogens is 1430 g/mol. The summed E-state index contributed by atoms with van der Waals surface area (Å²) in [6, 6.07) is -10.8. The lowest BCUT2D eigenvalue weighted by Gasteiger charge is -2.47. The van der Waals surface area contributed by atoms with Crippen LogP contribution in [0.3, 0.4) is 0 Å². The summed E-state index contributed by atoms with van der Waals surface area (Å²) in [6.45, 7) is 9.81. The third kappa shape index (κ3) is 21.3. The first-order valence-electron chi connectivity index (χ1n) is 40.0. The lowest BCUT2D eigenvalue weighted by molar-refractivity contribution is -0.219. The third-order valence-electron chi connectivity index (χ3n) is 25.0. The van der Waals surface area contributed by atoms with E-state index in [2.05, 4.69) is 16.0 Å². The van der Waals surface area contributed by atoms with E-state index in [0.29, 0.717) is 70.6 Å². The van der Waals surface area contributed by atoms with Crippen molar-refractivity contribution >= 4 is 70.9 Å². The fourth-order valence-corrected chi connectivity index (χ4v) is 18.0. The van der Waals surface area contributed by atoms with E-state index < -0.39 is 224 Å². The van der Waals surface area contributed by atoms with E-state index in [1.807, 2.05) is 20.8 Å². The van der Waals surface area contributed by atoms with Crippen molar-refractivity contribution < 1.29 is 93.4 Å². The van der Waals surface area contributed by atoms with Gasteiger partial charge >= 0.3 is 6.18 Å². The van der Waals surface area contributed by atoms with E-state index in [1.165, 1.54) is 71.7 Å². The average molecular weight is 1550 g/mol. The molecule has 616 valence electrons. The first kappa shape index (κ1) is 87.7. The topological polar surface area (TPSA) is 289 Å². The molecule has 0 aromatic carbocycles. The van der Waals surface area contributed by atoms with Crippen LogP contribution in [0.15, 0.2) is 0 Å². The minimum Gasteiger partial charge on any atom is -0.378 e. The Morgan fingerprint density at radius 1 is 0.615 bits per heavy atom. The summed E-state index contributed by atoms with van der Waals surface area (Å²) in [6.07, 6.45) is -9.37. The summed E-state index contributed by atoms with van der Waals surface area (Å²) in [5, 5.41) is 8.58. The van der Waals surface area contributed by atoms with Crippen LogP contribution < -0.4 is 16.0 Å². The number of fused-ring (bicyclic) bond motifs is 3. The molecule has 0 aromatic heterocycles. The molecule has 8 rings (SSSR count). The van der Waals surface area contributed by atoms with E-state index in [0.717, 1.165) is 14.7 Å². The Labute approximate surface area is 638 Å². The Morgan fingerprint density at radius 3 is 1.85 bits per heavy atom. The Kier molecular flexibility index (Phi) is 31.0. The summed E-state index contributed by atoms with van der Waals surface area (Å²) in [7, 11) is 8.36. The van der Waals surface area contributed by atoms with Crippen LogP contribution in [-0.2, 0) is 67.0 Å². The largest absolute Gasteiger partial charge is 0.397 e. The van der Waals surface area contributed by atoms with Crippen molar-refractivity contribution in [3.63, 3.8) is 0 Å². The molecule has 12 amide bonds. The second-order valence-corrected chi connectivity index (χ2v) is 33.1. The third-order valence-corrected chi connectivity index (χ3v) is 25.0. The molecule has 4 aliphatic carbocycles. The number of morpholine rings is 1. The standard InChI is InChI=1S/C77H122F6N12O14/c1-13-46(5)65-73(105)88(8)44-63(98)89(9)56-23-16-15-19-30-94(72(56)104)60(39-48-24-26-52(78)47(6)36-48)70(102)87(7)43-61(96)84-55(27-25-49-37-53(79)64(54(80)38-49)77(81,82)83)69(101)95-42-51(109-14-2)40-58(95)68(100)86-76(28-20-29-76)75(107)92(12)66(50-21-17-18-22-50)74(106)91(11)59(71(103)93-31-33-108-34-32-93)41-62(97)90(10)57(35-45(3)4)67(99)85-65/h45-60,64-66H,13-44H2,1-12H3,(H,84,96)(H,85,99)(H,86,100)/t46-,47?,48?,49?,51+,52?,53?,54?,55-,56-,57-,58-,59-,60-,64?,65-,66-/m0/s1. The molecule has 8 aliphatic rings. The van der Waals surface area contributed by atoms with Crippen LogP contribution in [0.1, 0.15) is 189 Å². The van der Waals surface area contributed by atoms with Crippen molar-refractivity contribution in [3.8, 4) is 0 Å². The zero-order chi connectivity index (χ0) is 80.3. The van der Waals surface area contributed by atoms with Crippen LogP contribution in [0.2, 0.25) is 0 Å². The lowest BCUT2D eigenvalue weighted by atomic mass is 9.74. The molecule has 3 N–H and O–H groups in total. The molecule has 2 bridgehead atoms. The number of halogens is 6. The minimum atomic E-state index is -5.19. The molecule has 5 unspecified atom stereocenters. The summed E-state index contributed by atoms with van der Waals surface area (Å²) < 4.78 is 99.9. The number of hydrogen-bond acceptors (Lipinski definition) is 14. The van der Waals surface area contributed by atoms with Crippen LogP contribution in [-0.4, -0.2) is 301 Å². The predicted octanol–water partition coefficient (Wildman–Crippen LogP) is 5.75. The van der Waals surface area contributed by atoms with Gasteiger partial charge in [-0.05, 0) is 145 Å². The molecule has 4 saturated heterocycles. The highest BCUT2D eigenvalue weighted by atomic mass is 19.4. The van der Waals surface area contributed by atoms with Crippen LogP contribution in [0.4, 0.5) is 26.3 Å². The van der Waals surface area contributed by atoms with Gasteiger partial charge in [-0.15, -0.1) is 0 Å². The Hall–Kier alpha value is -6.86. The van der Waals surface area contributed by atoms with Crippen molar-refractivity contribution in [2.75, 3.05) is 101 Å². The first-order valence-corrected chi connectivity index (χ1v) is 40.0. The quantitative estimate of drug-likeness (QED) is 0.185. The minimum absolute atomic E-state index is 0.0248. The van der Waals surface area contributed by atoms with Gasteiger partial charge in [-0.3, -0.25) is 57.5 Å². The molecule has 4 aliphatic heterocycles. The van der Waals surface area contributed by atoms with Gasteiger partial charge in [0, 0.05) is 81.5 Å². The van der Waals surface area contributed by atoms with E-state index >= 15 is 56.3 Å². The first-order chi connectivity index (χ1) is 51.4. The van der Waals surface area contributed by atoms with Crippen LogP contribution in [0, 0.1) is 41.4 Å². The number of likely N-dealkylation sites (N-methyl/N-ethyl adjacent to an activating group) is 6. The number of carbonyl (C=O) groups is 12. The number of rotatable bonds is 13. The number of alkyl halides is 6. The highest BCUT2D eigenvalue weighted by molar-refractivity contribution is 6.01. The van der Waals surface area contributed by atoms with E-state index in [1.54, 1.807) is 20.8 Å². The maximum Gasteiger partial charge on any atom is 0.397 e. The zero-order valence-corrected chi connectivity index (χ0v) is 66.1. The number of amides is 12. The SMILES string of the molecule is CCO[C@@H]1C[C@H]2C(=O)NC3(CCC3)C(=O)N(C)[C@@H](C3CCCC3)C(=O)N(C)[C@H](C(=O)N3CCOCC3)CC(=O)N(C)[C@@H](CC(C)C)C(=O)N[C@@H]([C@@H](C)CC)C(=O)N(C)CC(=O)N(C)[C@H]3CCCCCN(C3=O)[C@@H](CC3CCC(F)C(C)C3)C(=O)N(C)CC(=O)N[C@@H](CCC3CC(F)C(C(F)(F)F)C(F)C3)C(=O)N2C1. The monoisotopic (exact) mass is 1550 g/mol. The number of nitrogens with zero attached hydrogens (tertiary/aromatic N) is 9. The Morgan fingerprint density at radius 2 is 1.26 bits per heavy atom. The van der Waals surface area contributed by atoms with Crippen molar-refractivity contribution in [1.29, 1.82) is 0 Å². The number of hydrogen-bond donors (Lipinski definition) is 3. The second-order valence-electron chi connectivity index (χ2n) is 33.1. The van der Waals surface area contributed by atoms with Gasteiger partial charge in [-0.2, -0.15) is 13.2 Å². The van der Waals surface area contributed by atoms with Crippen molar-refractivity contribution in [2.24, 2.45) is 41.4 Å². The maximum absolute atomic E-state index is 15.7. The van der Waals surface area contributed by atoms with Crippen LogP contribution in [0.5, 0.6) is 0 Å². The van der Waals surface area contributed by atoms with E-state index in [-0.39, 0.29) is 109 Å². The van der Waals surface area contributed by atoms with E-state index in [9.17, 15) is 27.6 Å². The average Bonchev–Trinajstić information content (AvgIpc) is 1.72. The van der Waals surface area contributed by atoms with Gasteiger partial charge in [-0.25, -0.2) is 13.2 Å². The Bertz CT molecular complexity index is 3200. The molecule has 15 atom stereocenters. The highest BCUT2D eigenvalue weighted by Gasteiger charge is 2.56. The van der Waals surface area contributed by atoms with Gasteiger partial charge in [0.25, 0.3) is 0 Å². The zero-order valence-electron chi connectivity index (χ0n) is 66.1. The molecule has 8 fully saturated rings. The highest BCUT2D eigenvalue weighted by Crippen LogP contribution is 2.45. The number of nitrogens with one attached hydrogen (secondary N) is 3. The molecule has 4 heterocycles. The van der Waals surface area contributed by atoms with Gasteiger partial charge in [0.15, 0.2) is 0 Å². The molecule has 1 spiro atoms. The normalized spacial score (nSPS) is 33.1. The molecule has 4 saturated carbocycles. The molecular formula is C77H122F6N12O14. The van der Waals surface area contributed by atoms with E-state index in [4.69, 9.17) is 9.47 Å². The van der Waals surface area contributed by atoms with Gasteiger partial charge < -0.3 is 69.5 Å². The summed E-state index contributed by atoms with van der Waals surface area (Å²) in [4.78, 5) is 194. The van der Waals surface area contributed by atoms with Gasteiger partial charge in [0.2, 0.25) is 70.9 Å². The van der Waals surface area contributed by atoms with Gasteiger partial charge in [0.1, 0.15) is 78.3 Å². The summed E-state index contributed by atoms with van der Waals surface area (Å²) in [5.74, 6) is -14.6. The number of ether oxygens (including phenoxy) is 2. The van der Waals surface area contributed by atoms with Crippen molar-refractivity contribution in [3.05, 3.63) is 0 Å². The predicted molar refractivity (Wildman–Crippen MR) is 390 cm³/mol. The van der Waals surface area contributed by atoms with Gasteiger partial charge in [-0.1, -0.05) is 66.7 Å². The smallest absolute Gasteiger partial charge is 0.378 e. The maximum atomic E-state index is 15.7. The van der Waals surface area contributed by atoms with Crippen molar-refractivity contribution in [1.82, 2.24) is 60.0 Å². The summed E-state index contributed by atoms with van der Waals surface area (Å²) in [5.41, 5.74) is -1.67. The van der Waals surface area contributed by atoms with Crippen molar-refractivity contribution in [2.45, 2.75) is 274 Å². The molecule has 0 aromatic rings. The van der Waals surface area contributed by atoms with Crippen LogP contribution in [0.25, 0.3) is 0 Å². The van der Waals surface area contributed by atoms with Gasteiger partial charge in [0.05, 0.1) is 38.8 Å². The molecule has 32 heteroatoms. The molecule has 26 nitrogen and oxygen atoms in total. The fraction of sp³-hybridized carbons (Fsp3) is 0.844.